The van der Waals surface area contributed by atoms with Gasteiger partial charge in [0.1, 0.15) is 0 Å². The lowest BCUT2D eigenvalue weighted by Crippen LogP contribution is -2.34. The third-order valence-electron chi connectivity index (χ3n) is 2.66. The van der Waals surface area contributed by atoms with E-state index in [2.05, 4.69) is 17.2 Å². The van der Waals surface area contributed by atoms with Gasteiger partial charge in [-0.2, -0.15) is 0 Å². The molecule has 0 bridgehead atoms. The smallest absolute Gasteiger partial charge is 0.321 e. The van der Waals surface area contributed by atoms with Crippen LogP contribution in [0.5, 0.6) is 0 Å². The highest BCUT2D eigenvalue weighted by Gasteiger charge is 2.08. The van der Waals surface area contributed by atoms with E-state index < -0.39 is 0 Å². The minimum absolute atomic E-state index is 0.0744. The zero-order valence-electron chi connectivity index (χ0n) is 11.4. The molecular weight excluding hydrogens is 240 g/mol. The predicted molar refractivity (Wildman–Crippen MR) is 77.0 cm³/mol. The van der Waals surface area contributed by atoms with Crippen molar-refractivity contribution in [1.82, 2.24) is 4.90 Å². The Balaban J connectivity index is 2.62. The standard InChI is InChI=1S/C15H20N2O2/c1-3-17(4-2)15(19)16-14-10-8-13(9-11-14)7-5-6-12-18/h8-11,18H,3-4,6,12H2,1-2H3,(H,16,19). The molecule has 102 valence electrons. The third-order valence-corrected chi connectivity index (χ3v) is 2.66. The summed E-state index contributed by atoms with van der Waals surface area (Å²) < 4.78 is 0. The van der Waals surface area contributed by atoms with Crippen LogP contribution in [0.25, 0.3) is 0 Å². The van der Waals surface area contributed by atoms with E-state index in [1.165, 1.54) is 0 Å². The van der Waals surface area contributed by atoms with Crippen molar-refractivity contribution in [2.45, 2.75) is 20.3 Å². The van der Waals surface area contributed by atoms with E-state index in [-0.39, 0.29) is 12.6 Å². The van der Waals surface area contributed by atoms with Gasteiger partial charge in [0.05, 0.1) is 6.61 Å². The minimum Gasteiger partial charge on any atom is -0.395 e. The number of aliphatic hydroxyl groups excluding tert-OH is 1. The first-order valence-corrected chi connectivity index (χ1v) is 6.47. The van der Waals surface area contributed by atoms with Gasteiger partial charge in [0.2, 0.25) is 0 Å². The fraction of sp³-hybridized carbons (Fsp3) is 0.400. The molecule has 0 spiro atoms. The first kappa shape index (κ1) is 15.1. The molecule has 0 aliphatic carbocycles. The van der Waals surface area contributed by atoms with Crippen LogP contribution >= 0.6 is 0 Å². The molecule has 0 saturated carbocycles. The van der Waals surface area contributed by atoms with Gasteiger partial charge in [0, 0.05) is 30.8 Å². The number of rotatable bonds is 4. The minimum atomic E-state index is -0.0934. The molecular formula is C15H20N2O2. The van der Waals surface area contributed by atoms with Gasteiger partial charge in [0.25, 0.3) is 0 Å². The zero-order chi connectivity index (χ0) is 14.1. The Hall–Kier alpha value is -1.99. The van der Waals surface area contributed by atoms with Crippen LogP contribution in [0.1, 0.15) is 25.8 Å². The summed E-state index contributed by atoms with van der Waals surface area (Å²) in [6.07, 6.45) is 0.473. The van der Waals surface area contributed by atoms with Crippen molar-refractivity contribution >= 4 is 11.7 Å². The average Bonchev–Trinajstić information content (AvgIpc) is 2.42. The maximum Gasteiger partial charge on any atom is 0.321 e. The summed E-state index contributed by atoms with van der Waals surface area (Å²) >= 11 is 0. The Labute approximate surface area is 114 Å². The summed E-state index contributed by atoms with van der Waals surface area (Å²) in [5, 5.41) is 11.5. The molecule has 2 N–H and O–H groups in total. The molecule has 0 unspecified atom stereocenters. The van der Waals surface area contributed by atoms with Gasteiger partial charge in [-0.3, -0.25) is 0 Å². The fourth-order valence-electron chi connectivity index (χ4n) is 1.57. The van der Waals surface area contributed by atoms with Crippen molar-refractivity contribution in [3.8, 4) is 11.8 Å². The van der Waals surface area contributed by atoms with Crippen molar-refractivity contribution in [2.75, 3.05) is 25.0 Å². The lowest BCUT2D eigenvalue weighted by atomic mass is 10.2. The molecule has 0 aliphatic heterocycles. The number of nitrogens with zero attached hydrogens (tertiary/aromatic N) is 1. The van der Waals surface area contributed by atoms with Gasteiger partial charge < -0.3 is 15.3 Å². The number of anilines is 1. The molecule has 4 heteroatoms. The quantitative estimate of drug-likeness (QED) is 0.816. The van der Waals surface area contributed by atoms with Crippen LogP contribution < -0.4 is 5.32 Å². The van der Waals surface area contributed by atoms with Crippen LogP contribution in [0.15, 0.2) is 24.3 Å². The topological polar surface area (TPSA) is 52.6 Å². The lowest BCUT2D eigenvalue weighted by molar-refractivity contribution is 0.217. The summed E-state index contributed by atoms with van der Waals surface area (Å²) in [6, 6.07) is 7.25. The maximum absolute atomic E-state index is 11.8. The zero-order valence-corrected chi connectivity index (χ0v) is 11.4. The summed E-state index contributed by atoms with van der Waals surface area (Å²) in [6.45, 7) is 5.34. The van der Waals surface area contributed by atoms with Crippen molar-refractivity contribution in [1.29, 1.82) is 0 Å². The second-order valence-electron chi connectivity index (χ2n) is 3.96. The molecule has 0 atom stereocenters. The molecule has 1 aromatic carbocycles. The third kappa shape index (κ3) is 5.02. The maximum atomic E-state index is 11.8. The molecule has 1 rings (SSSR count). The molecule has 0 heterocycles. The predicted octanol–water partition coefficient (Wildman–Crippen LogP) is 2.29. The second-order valence-corrected chi connectivity index (χ2v) is 3.96. The van der Waals surface area contributed by atoms with Crippen molar-refractivity contribution < 1.29 is 9.90 Å². The fourth-order valence-corrected chi connectivity index (χ4v) is 1.57. The lowest BCUT2D eigenvalue weighted by Gasteiger charge is -2.19. The molecule has 19 heavy (non-hydrogen) atoms. The Bertz CT molecular complexity index is 453. The highest BCUT2D eigenvalue weighted by Crippen LogP contribution is 2.09. The van der Waals surface area contributed by atoms with Gasteiger partial charge in [-0.05, 0) is 38.1 Å². The van der Waals surface area contributed by atoms with Gasteiger partial charge in [-0.25, -0.2) is 4.79 Å². The van der Waals surface area contributed by atoms with Gasteiger partial charge in [0.15, 0.2) is 0 Å². The van der Waals surface area contributed by atoms with Gasteiger partial charge >= 0.3 is 6.03 Å². The number of urea groups is 1. The van der Waals surface area contributed by atoms with Crippen LogP contribution in [0, 0.1) is 11.8 Å². The number of nitrogens with one attached hydrogen (secondary N) is 1. The molecule has 4 nitrogen and oxygen atoms in total. The molecule has 1 aromatic rings. The van der Waals surface area contributed by atoms with Crippen molar-refractivity contribution in [2.24, 2.45) is 0 Å². The van der Waals surface area contributed by atoms with Crippen LogP contribution in [0.2, 0.25) is 0 Å². The molecule has 0 aromatic heterocycles. The monoisotopic (exact) mass is 260 g/mol. The van der Waals surface area contributed by atoms with Crippen LogP contribution in [0.3, 0.4) is 0 Å². The van der Waals surface area contributed by atoms with E-state index in [9.17, 15) is 4.79 Å². The average molecular weight is 260 g/mol. The van der Waals surface area contributed by atoms with E-state index >= 15 is 0 Å². The van der Waals surface area contributed by atoms with Crippen molar-refractivity contribution in [3.63, 3.8) is 0 Å². The Morgan fingerprint density at radius 2 is 1.89 bits per heavy atom. The van der Waals surface area contributed by atoms with Gasteiger partial charge in [-0.1, -0.05) is 11.8 Å². The van der Waals surface area contributed by atoms with E-state index in [4.69, 9.17) is 5.11 Å². The first-order valence-electron chi connectivity index (χ1n) is 6.47. The molecule has 2 amide bonds. The number of carbonyl (C=O) groups excluding carboxylic acids is 1. The Kier molecular flexibility index (Phi) is 6.48. The van der Waals surface area contributed by atoms with Crippen LogP contribution in [0.4, 0.5) is 10.5 Å². The number of carbonyl (C=O) groups is 1. The number of amides is 2. The Morgan fingerprint density at radius 3 is 2.42 bits per heavy atom. The SMILES string of the molecule is CCN(CC)C(=O)Nc1ccc(C#CCCO)cc1. The summed E-state index contributed by atoms with van der Waals surface area (Å²) in [5.74, 6) is 5.79. The van der Waals surface area contributed by atoms with E-state index in [1.54, 1.807) is 4.90 Å². The van der Waals surface area contributed by atoms with Gasteiger partial charge in [-0.15, -0.1) is 0 Å². The largest absolute Gasteiger partial charge is 0.395 e. The second kappa shape index (κ2) is 8.17. The van der Waals surface area contributed by atoms with E-state index in [0.29, 0.717) is 19.5 Å². The van der Waals surface area contributed by atoms with E-state index in [1.807, 2.05) is 38.1 Å². The highest BCUT2D eigenvalue weighted by atomic mass is 16.2. The Morgan fingerprint density at radius 1 is 1.26 bits per heavy atom. The number of benzene rings is 1. The first-order chi connectivity index (χ1) is 9.21. The van der Waals surface area contributed by atoms with Crippen LogP contribution in [-0.4, -0.2) is 35.7 Å². The molecule has 0 aliphatic rings. The molecule has 0 fully saturated rings. The summed E-state index contributed by atoms with van der Waals surface area (Å²) in [4.78, 5) is 13.5. The van der Waals surface area contributed by atoms with Crippen molar-refractivity contribution in [3.05, 3.63) is 29.8 Å². The van der Waals surface area contributed by atoms with E-state index in [0.717, 1.165) is 11.3 Å². The van der Waals surface area contributed by atoms with Crippen LogP contribution in [-0.2, 0) is 0 Å². The summed E-state index contributed by atoms with van der Waals surface area (Å²) in [5.41, 5.74) is 1.62. The summed E-state index contributed by atoms with van der Waals surface area (Å²) in [7, 11) is 0. The number of hydrogen-bond acceptors (Lipinski definition) is 2. The number of hydrogen-bond donors (Lipinski definition) is 2. The number of aliphatic hydroxyl groups is 1. The normalized spacial score (nSPS) is 9.42. The molecule has 0 radical (unpaired) electrons. The highest BCUT2D eigenvalue weighted by molar-refractivity contribution is 5.89. The molecule has 0 saturated heterocycles.